The highest BCUT2D eigenvalue weighted by Gasteiger charge is 2.49. The summed E-state index contributed by atoms with van der Waals surface area (Å²) in [5.74, 6) is -0.724. The van der Waals surface area contributed by atoms with Crippen LogP contribution in [0.1, 0.15) is 25.0 Å². The quantitative estimate of drug-likeness (QED) is 0.816. The number of anilines is 2. The summed E-state index contributed by atoms with van der Waals surface area (Å²) in [4.78, 5) is 27.5. The maximum atomic E-state index is 13.2. The van der Waals surface area contributed by atoms with E-state index < -0.39 is 11.5 Å². The number of ether oxygens (including phenoxy) is 1. The summed E-state index contributed by atoms with van der Waals surface area (Å²) in [6.45, 7) is 7.64. The van der Waals surface area contributed by atoms with Crippen LogP contribution in [0.3, 0.4) is 0 Å². The van der Waals surface area contributed by atoms with E-state index >= 15 is 0 Å². The van der Waals surface area contributed by atoms with Crippen LogP contribution >= 0.6 is 0 Å². The van der Waals surface area contributed by atoms with Gasteiger partial charge < -0.3 is 10.1 Å². The normalized spacial score (nSPS) is 19.0. The second-order valence-corrected chi connectivity index (χ2v) is 6.90. The van der Waals surface area contributed by atoms with E-state index in [1.807, 2.05) is 62.4 Å². The van der Waals surface area contributed by atoms with Crippen molar-refractivity contribution in [3.05, 3.63) is 71.4 Å². The van der Waals surface area contributed by atoms with Crippen molar-refractivity contribution in [3.8, 4) is 0 Å². The standard InChI is InChI=1S/C22H24N2O3/c1-5-27-21(26)22(4)14-19(23-17-10-6-8-15(2)12-17)20(25)24(22)18-11-7-9-16(3)13-18/h6-14,23H,5H2,1-4H3. The number of nitrogens with zero attached hydrogens (tertiary/aromatic N) is 1. The lowest BCUT2D eigenvalue weighted by atomic mass is 10.0. The lowest BCUT2D eigenvalue weighted by molar-refractivity contribution is -0.147. The number of amides is 1. The molecule has 140 valence electrons. The predicted octanol–water partition coefficient (Wildman–Crippen LogP) is 3.97. The third-order valence-electron chi connectivity index (χ3n) is 4.57. The molecule has 1 atom stereocenters. The van der Waals surface area contributed by atoms with Crippen molar-refractivity contribution in [3.63, 3.8) is 0 Å². The van der Waals surface area contributed by atoms with Gasteiger partial charge in [0, 0.05) is 11.4 Å². The molecule has 27 heavy (non-hydrogen) atoms. The largest absolute Gasteiger partial charge is 0.464 e. The lowest BCUT2D eigenvalue weighted by Crippen LogP contribution is -2.51. The van der Waals surface area contributed by atoms with Gasteiger partial charge in [0.15, 0.2) is 5.54 Å². The number of benzene rings is 2. The first kappa shape index (κ1) is 18.7. The van der Waals surface area contributed by atoms with E-state index in [9.17, 15) is 9.59 Å². The average Bonchev–Trinajstić information content (AvgIpc) is 2.86. The van der Waals surface area contributed by atoms with Crippen LogP contribution in [0.15, 0.2) is 60.3 Å². The van der Waals surface area contributed by atoms with Crippen molar-refractivity contribution in [2.45, 2.75) is 33.2 Å². The molecule has 1 aliphatic rings. The molecule has 1 aliphatic heterocycles. The first-order chi connectivity index (χ1) is 12.8. The molecular weight excluding hydrogens is 340 g/mol. The molecule has 1 N–H and O–H groups in total. The Kier molecular flexibility index (Phi) is 5.04. The van der Waals surface area contributed by atoms with Gasteiger partial charge in [0.2, 0.25) is 0 Å². The van der Waals surface area contributed by atoms with Crippen LogP contribution in [0, 0.1) is 13.8 Å². The molecule has 2 aromatic carbocycles. The molecule has 0 aromatic heterocycles. The Bertz CT molecular complexity index is 919. The number of hydrogen-bond acceptors (Lipinski definition) is 4. The molecule has 0 radical (unpaired) electrons. The summed E-state index contributed by atoms with van der Waals surface area (Å²) in [6.07, 6.45) is 1.65. The Hall–Kier alpha value is -3.08. The van der Waals surface area contributed by atoms with E-state index in [1.54, 1.807) is 19.9 Å². The molecule has 3 rings (SSSR count). The second-order valence-electron chi connectivity index (χ2n) is 6.90. The SMILES string of the molecule is CCOC(=O)C1(C)C=C(Nc2cccc(C)c2)C(=O)N1c1cccc(C)c1. The molecule has 0 bridgehead atoms. The Morgan fingerprint density at radius 2 is 1.78 bits per heavy atom. The van der Waals surface area contributed by atoms with Gasteiger partial charge in [0.1, 0.15) is 5.70 Å². The summed E-state index contributed by atoms with van der Waals surface area (Å²) in [6, 6.07) is 15.3. The highest BCUT2D eigenvalue weighted by molar-refractivity contribution is 6.16. The maximum Gasteiger partial charge on any atom is 0.336 e. The van der Waals surface area contributed by atoms with E-state index in [2.05, 4.69) is 5.32 Å². The van der Waals surface area contributed by atoms with Crippen LogP contribution in [0.5, 0.6) is 0 Å². The zero-order valence-electron chi connectivity index (χ0n) is 16.1. The summed E-state index contributed by atoms with van der Waals surface area (Å²) in [5.41, 5.74) is 2.69. The number of hydrogen-bond donors (Lipinski definition) is 1. The van der Waals surface area contributed by atoms with Gasteiger partial charge >= 0.3 is 5.97 Å². The van der Waals surface area contributed by atoms with E-state index in [-0.39, 0.29) is 12.5 Å². The first-order valence-electron chi connectivity index (χ1n) is 9.00. The molecule has 2 aromatic rings. The fourth-order valence-corrected chi connectivity index (χ4v) is 3.29. The minimum Gasteiger partial charge on any atom is -0.464 e. The van der Waals surface area contributed by atoms with Crippen molar-refractivity contribution in [2.75, 3.05) is 16.8 Å². The van der Waals surface area contributed by atoms with Gasteiger partial charge in [-0.15, -0.1) is 0 Å². The Morgan fingerprint density at radius 1 is 1.11 bits per heavy atom. The maximum absolute atomic E-state index is 13.2. The molecular formula is C22H24N2O3. The van der Waals surface area contributed by atoms with Crippen LogP contribution in [0.25, 0.3) is 0 Å². The number of carbonyl (C=O) groups is 2. The van der Waals surface area contributed by atoms with Crippen LogP contribution in [-0.2, 0) is 14.3 Å². The van der Waals surface area contributed by atoms with Gasteiger partial charge in [-0.3, -0.25) is 9.69 Å². The van der Waals surface area contributed by atoms with Gasteiger partial charge in [0.05, 0.1) is 6.61 Å². The fourth-order valence-electron chi connectivity index (χ4n) is 3.29. The first-order valence-corrected chi connectivity index (χ1v) is 9.00. The Morgan fingerprint density at radius 3 is 2.41 bits per heavy atom. The highest BCUT2D eigenvalue weighted by Crippen LogP contribution is 2.35. The third kappa shape index (κ3) is 3.58. The van der Waals surface area contributed by atoms with Gasteiger partial charge in [-0.05, 0) is 69.2 Å². The molecule has 0 fully saturated rings. The minimum atomic E-state index is -1.22. The highest BCUT2D eigenvalue weighted by atomic mass is 16.5. The zero-order chi connectivity index (χ0) is 19.6. The number of nitrogens with one attached hydrogen (secondary N) is 1. The van der Waals surface area contributed by atoms with Crippen molar-refractivity contribution in [1.82, 2.24) is 0 Å². The average molecular weight is 364 g/mol. The molecule has 1 unspecified atom stereocenters. The number of rotatable bonds is 5. The Balaban J connectivity index is 2.03. The predicted molar refractivity (Wildman–Crippen MR) is 107 cm³/mol. The number of esters is 1. The molecule has 0 saturated heterocycles. The van der Waals surface area contributed by atoms with Crippen molar-refractivity contribution >= 4 is 23.3 Å². The fraction of sp³-hybridized carbons (Fsp3) is 0.273. The minimum absolute atomic E-state index is 0.249. The molecule has 1 heterocycles. The van der Waals surface area contributed by atoms with Crippen LogP contribution < -0.4 is 10.2 Å². The zero-order valence-corrected chi connectivity index (χ0v) is 16.1. The van der Waals surface area contributed by atoms with Gasteiger partial charge in [-0.2, -0.15) is 0 Å². The molecule has 0 aliphatic carbocycles. The van der Waals surface area contributed by atoms with Crippen LogP contribution in [0.4, 0.5) is 11.4 Å². The smallest absolute Gasteiger partial charge is 0.336 e. The lowest BCUT2D eigenvalue weighted by Gasteiger charge is -2.32. The summed E-state index contributed by atoms with van der Waals surface area (Å²) in [5, 5.41) is 3.16. The molecule has 5 nitrogen and oxygen atoms in total. The molecule has 5 heteroatoms. The topological polar surface area (TPSA) is 58.6 Å². The van der Waals surface area contributed by atoms with Crippen molar-refractivity contribution in [2.24, 2.45) is 0 Å². The van der Waals surface area contributed by atoms with Crippen LogP contribution in [0.2, 0.25) is 0 Å². The van der Waals surface area contributed by atoms with Gasteiger partial charge in [-0.25, -0.2) is 4.79 Å². The van der Waals surface area contributed by atoms with Crippen molar-refractivity contribution < 1.29 is 14.3 Å². The van der Waals surface area contributed by atoms with E-state index in [0.29, 0.717) is 11.4 Å². The van der Waals surface area contributed by atoms with Gasteiger partial charge in [0.25, 0.3) is 5.91 Å². The van der Waals surface area contributed by atoms with Crippen LogP contribution in [-0.4, -0.2) is 24.0 Å². The van der Waals surface area contributed by atoms with E-state index in [4.69, 9.17) is 4.74 Å². The Labute approximate surface area is 159 Å². The number of carbonyl (C=O) groups excluding carboxylic acids is 2. The van der Waals surface area contributed by atoms with E-state index in [1.165, 1.54) is 4.90 Å². The van der Waals surface area contributed by atoms with Gasteiger partial charge in [-0.1, -0.05) is 24.3 Å². The summed E-state index contributed by atoms with van der Waals surface area (Å²) >= 11 is 0. The monoisotopic (exact) mass is 364 g/mol. The summed E-state index contributed by atoms with van der Waals surface area (Å²) < 4.78 is 5.27. The third-order valence-corrected chi connectivity index (χ3v) is 4.57. The summed E-state index contributed by atoms with van der Waals surface area (Å²) in [7, 11) is 0. The van der Waals surface area contributed by atoms with Crippen molar-refractivity contribution in [1.29, 1.82) is 0 Å². The van der Waals surface area contributed by atoms with E-state index in [0.717, 1.165) is 16.8 Å². The molecule has 1 amide bonds. The number of aryl methyl sites for hydroxylation is 2. The molecule has 0 spiro atoms. The molecule has 0 saturated carbocycles. The second kappa shape index (κ2) is 7.27.